The Kier molecular flexibility index (Phi) is 21.8. The quantitative estimate of drug-likeness (QED) is 0.0767. The summed E-state index contributed by atoms with van der Waals surface area (Å²) in [7, 11) is -4.55. The van der Waals surface area contributed by atoms with Crippen molar-refractivity contribution in [3.63, 3.8) is 0 Å². The summed E-state index contributed by atoms with van der Waals surface area (Å²) in [5.74, 6) is 0. The molecule has 0 aliphatic heterocycles. The van der Waals surface area contributed by atoms with E-state index in [1.54, 1.807) is 6.07 Å². The maximum Gasteiger partial charge on any atom is 1.00 e. The van der Waals surface area contributed by atoms with Crippen LogP contribution in [0.3, 0.4) is 0 Å². The maximum absolute atomic E-state index is 12.5. The first-order chi connectivity index (χ1) is 18.5. The minimum Gasteiger partial charge on any atom is -0.744 e. The molecule has 2 rings (SSSR count). The molecule has 0 radical (unpaired) electrons. The van der Waals surface area contributed by atoms with Crippen molar-refractivity contribution < 1.29 is 64.4 Å². The Bertz CT molecular complexity index is 1000. The van der Waals surface area contributed by atoms with Crippen LogP contribution in [0, 0.1) is 0 Å². The van der Waals surface area contributed by atoms with Gasteiger partial charge in [0, 0.05) is 0 Å². The Morgan fingerprint density at radius 1 is 0.590 bits per heavy atom. The van der Waals surface area contributed by atoms with Crippen LogP contribution in [0.15, 0.2) is 35.2 Å². The number of benzene rings is 2. The third-order valence-electron chi connectivity index (χ3n) is 8.03. The van der Waals surface area contributed by atoms with Gasteiger partial charge in [0.1, 0.15) is 10.1 Å². The van der Waals surface area contributed by atoms with Gasteiger partial charge < -0.3 is 4.55 Å². The molecule has 0 saturated heterocycles. The molecule has 0 spiro atoms. The van der Waals surface area contributed by atoms with Gasteiger partial charge in [-0.1, -0.05) is 160 Å². The summed E-state index contributed by atoms with van der Waals surface area (Å²) >= 11 is 0. The van der Waals surface area contributed by atoms with Gasteiger partial charge in [-0.15, -0.1) is 0 Å². The zero-order valence-corrected chi connectivity index (χ0v) is 29.5. The molecule has 0 fully saturated rings. The van der Waals surface area contributed by atoms with Crippen LogP contribution >= 0.6 is 0 Å². The molecule has 0 heterocycles. The summed E-state index contributed by atoms with van der Waals surface area (Å²) in [6.45, 7) is 4.51. The predicted octanol–water partition coefficient (Wildman–Crippen LogP) is 7.67. The molecule has 0 aliphatic carbocycles. The Morgan fingerprint density at radius 2 is 1.00 bits per heavy atom. The Labute approximate surface area is 283 Å². The van der Waals surface area contributed by atoms with Crippen LogP contribution in [-0.4, -0.2) is 13.0 Å². The van der Waals surface area contributed by atoms with Gasteiger partial charge >= 0.3 is 51.4 Å². The van der Waals surface area contributed by atoms with E-state index in [1.165, 1.54) is 109 Å². The summed E-state index contributed by atoms with van der Waals surface area (Å²) in [5, 5.41) is 1.47. The van der Waals surface area contributed by atoms with Crippen LogP contribution in [0.2, 0.25) is 0 Å². The van der Waals surface area contributed by atoms with E-state index in [9.17, 15) is 13.0 Å². The van der Waals surface area contributed by atoms with Crippen LogP contribution in [0.25, 0.3) is 10.8 Å². The third-order valence-corrected chi connectivity index (χ3v) is 8.99. The van der Waals surface area contributed by atoms with Crippen molar-refractivity contribution in [2.24, 2.45) is 0 Å². The van der Waals surface area contributed by atoms with E-state index in [-0.39, 0.29) is 56.3 Å². The van der Waals surface area contributed by atoms with Crippen LogP contribution in [0.1, 0.15) is 153 Å². The largest absolute Gasteiger partial charge is 1.00 e. The van der Waals surface area contributed by atoms with Gasteiger partial charge in [0.15, 0.2) is 0 Å². The zero-order valence-electron chi connectivity index (χ0n) is 25.6. The monoisotopic (exact) mass is 582 g/mol. The van der Waals surface area contributed by atoms with Crippen molar-refractivity contribution in [1.29, 1.82) is 0 Å². The standard InChI is InChI=1S/C34H56O3S.K/c1-3-5-7-9-11-13-15-17-19-21-25-30-29-31-26-23-24-28-33(31)34(38(35,36)37)32(30)27-22-20-18-16-14-12-10-8-6-4-2;/h23-24,26,28-29H,3-22,25,27H2,1-2H3,(H,35,36,37);/q;+1/p-1. The van der Waals surface area contributed by atoms with Crippen LogP contribution in [0.4, 0.5) is 0 Å². The first kappa shape index (κ1) is 37.3. The van der Waals surface area contributed by atoms with Crippen molar-refractivity contribution in [2.45, 2.75) is 160 Å². The van der Waals surface area contributed by atoms with Gasteiger partial charge in [-0.05, 0) is 47.6 Å². The van der Waals surface area contributed by atoms with Crippen molar-refractivity contribution in [3.05, 3.63) is 41.5 Å². The number of unbranched alkanes of at least 4 members (excludes halogenated alkanes) is 18. The van der Waals surface area contributed by atoms with Gasteiger partial charge in [-0.25, -0.2) is 8.42 Å². The van der Waals surface area contributed by atoms with E-state index in [2.05, 4.69) is 19.9 Å². The number of fused-ring (bicyclic) bond motifs is 1. The normalized spacial score (nSPS) is 11.7. The Balaban J connectivity index is 0.00000760. The van der Waals surface area contributed by atoms with Crippen LogP contribution in [-0.2, 0) is 23.0 Å². The first-order valence-electron chi connectivity index (χ1n) is 16.0. The molecule has 0 aliphatic rings. The van der Waals surface area contributed by atoms with E-state index in [4.69, 9.17) is 0 Å². The molecular formula is C34H55KO3S. The number of hydrogen-bond donors (Lipinski definition) is 0. The van der Waals surface area contributed by atoms with Crippen LogP contribution in [0.5, 0.6) is 0 Å². The molecule has 39 heavy (non-hydrogen) atoms. The SMILES string of the molecule is CCCCCCCCCCCCc1cc2ccccc2c(S(=O)(=O)[O-])c1CCCCCCCCCCCC.[K+]. The smallest absolute Gasteiger partial charge is 0.744 e. The van der Waals surface area contributed by atoms with E-state index >= 15 is 0 Å². The van der Waals surface area contributed by atoms with E-state index in [1.807, 2.05) is 18.2 Å². The number of hydrogen-bond acceptors (Lipinski definition) is 3. The van der Waals surface area contributed by atoms with E-state index in [0.29, 0.717) is 11.8 Å². The first-order valence-corrected chi connectivity index (χ1v) is 17.4. The molecule has 216 valence electrons. The molecule has 0 atom stereocenters. The molecule has 2 aromatic rings. The Hall–Kier alpha value is 0.246. The minimum absolute atomic E-state index is 0. The molecule has 0 N–H and O–H groups in total. The molecule has 5 heteroatoms. The fourth-order valence-electron chi connectivity index (χ4n) is 5.79. The second-order valence-electron chi connectivity index (χ2n) is 11.4. The number of rotatable bonds is 23. The van der Waals surface area contributed by atoms with Crippen LogP contribution < -0.4 is 51.4 Å². The second kappa shape index (κ2) is 22.8. The summed E-state index contributed by atoms with van der Waals surface area (Å²) in [4.78, 5) is 0.0496. The molecule has 0 saturated carbocycles. The average Bonchev–Trinajstić information content (AvgIpc) is 2.89. The maximum atomic E-state index is 12.5. The summed E-state index contributed by atoms with van der Waals surface area (Å²) in [5.41, 5.74) is 1.88. The number of aryl methyl sites for hydroxylation is 1. The predicted molar refractivity (Wildman–Crippen MR) is 163 cm³/mol. The fourth-order valence-corrected chi connectivity index (χ4v) is 6.78. The van der Waals surface area contributed by atoms with Crippen molar-refractivity contribution in [3.8, 4) is 0 Å². The van der Waals surface area contributed by atoms with Gasteiger partial charge in [0.05, 0.1) is 4.90 Å². The van der Waals surface area contributed by atoms with Crippen molar-refractivity contribution >= 4 is 20.9 Å². The van der Waals surface area contributed by atoms with E-state index < -0.39 is 10.1 Å². The molecule has 0 bridgehead atoms. The minimum atomic E-state index is -4.55. The molecular weight excluding hydrogens is 528 g/mol. The topological polar surface area (TPSA) is 57.2 Å². The van der Waals surface area contributed by atoms with Crippen molar-refractivity contribution in [2.75, 3.05) is 0 Å². The van der Waals surface area contributed by atoms with Gasteiger partial charge in [-0.2, -0.15) is 0 Å². The van der Waals surface area contributed by atoms with Crippen molar-refractivity contribution in [1.82, 2.24) is 0 Å². The summed E-state index contributed by atoms with van der Waals surface area (Å²) in [6, 6.07) is 9.66. The molecule has 3 nitrogen and oxygen atoms in total. The molecule has 2 aromatic carbocycles. The second-order valence-corrected chi connectivity index (χ2v) is 12.7. The Morgan fingerprint density at radius 3 is 1.46 bits per heavy atom. The van der Waals surface area contributed by atoms with Gasteiger partial charge in [0.25, 0.3) is 0 Å². The molecule has 0 amide bonds. The molecule has 0 unspecified atom stereocenters. The van der Waals surface area contributed by atoms with Gasteiger partial charge in [0.2, 0.25) is 0 Å². The van der Waals surface area contributed by atoms with Gasteiger partial charge in [-0.3, -0.25) is 0 Å². The summed E-state index contributed by atoms with van der Waals surface area (Å²) < 4.78 is 37.5. The fraction of sp³-hybridized carbons (Fsp3) is 0.706. The summed E-state index contributed by atoms with van der Waals surface area (Å²) in [6.07, 6.45) is 26.8. The third kappa shape index (κ3) is 15.3. The zero-order chi connectivity index (χ0) is 27.5. The van der Waals surface area contributed by atoms with E-state index in [0.717, 1.165) is 42.2 Å². The molecule has 0 aromatic heterocycles. The average molecular weight is 583 g/mol.